The zero-order valence-electron chi connectivity index (χ0n) is 21.0. The third-order valence-electron chi connectivity index (χ3n) is 6.59. The lowest BCUT2D eigenvalue weighted by Gasteiger charge is -2.23. The van der Waals surface area contributed by atoms with Gasteiger partial charge in [-0.25, -0.2) is 0 Å². The van der Waals surface area contributed by atoms with Gasteiger partial charge in [0.2, 0.25) is 0 Å². The molecule has 192 valence electrons. The van der Waals surface area contributed by atoms with Gasteiger partial charge < -0.3 is 10.6 Å². The first-order valence-electron chi connectivity index (χ1n) is 12.1. The second-order valence-corrected chi connectivity index (χ2v) is 10.3. The number of halogens is 3. The normalized spacial score (nSPS) is 13.1. The van der Waals surface area contributed by atoms with E-state index in [9.17, 15) is 22.8 Å². The van der Waals surface area contributed by atoms with Crippen LogP contribution in [0.2, 0.25) is 0 Å². The molecule has 4 aromatic rings. The first-order chi connectivity index (χ1) is 17.9. The number of hydrogen-bond acceptors (Lipinski definition) is 4. The number of rotatable bonds is 4. The van der Waals surface area contributed by atoms with Gasteiger partial charge in [-0.2, -0.15) is 13.2 Å². The van der Waals surface area contributed by atoms with Gasteiger partial charge in [-0.15, -0.1) is 0 Å². The van der Waals surface area contributed by atoms with Gasteiger partial charge in [0, 0.05) is 22.5 Å². The molecule has 0 unspecified atom stereocenters. The fourth-order valence-corrected chi connectivity index (χ4v) is 4.56. The summed E-state index contributed by atoms with van der Waals surface area (Å²) in [6, 6.07) is 22.4. The van der Waals surface area contributed by atoms with Crippen LogP contribution in [-0.2, 0) is 11.6 Å². The van der Waals surface area contributed by atoms with Gasteiger partial charge in [-0.05, 0) is 59.5 Å². The molecule has 0 atom stereocenters. The van der Waals surface area contributed by atoms with Crippen LogP contribution in [0.5, 0.6) is 0 Å². The van der Waals surface area contributed by atoms with Crippen molar-refractivity contribution in [2.45, 2.75) is 32.4 Å². The number of fused-ring (bicyclic) bond motifs is 2. The molecule has 4 aromatic carbocycles. The van der Waals surface area contributed by atoms with Gasteiger partial charge >= 0.3 is 6.18 Å². The highest BCUT2D eigenvalue weighted by Gasteiger charge is 2.34. The van der Waals surface area contributed by atoms with E-state index in [0.717, 1.165) is 17.8 Å². The van der Waals surface area contributed by atoms with E-state index in [1.54, 1.807) is 36.4 Å². The Hall–Kier alpha value is -4.39. The maximum absolute atomic E-state index is 13.7. The van der Waals surface area contributed by atoms with Crippen molar-refractivity contribution >= 4 is 34.3 Å². The van der Waals surface area contributed by atoms with Gasteiger partial charge in [0.25, 0.3) is 0 Å². The largest absolute Gasteiger partial charge is 0.416 e. The minimum absolute atomic E-state index is 0.00263. The Morgan fingerprint density at radius 3 is 1.32 bits per heavy atom. The monoisotopic (exact) mass is 514 g/mol. The standard InChI is InChI=1S/C31H25F3N2O2/c1-30(2,3)18-10-14-20(15-11-18)35-24-8-4-6-22-26(24)28(37)23-7-5-9-25(27(23)29(22)38)36-21-16-12-19(13-17-21)31(32,33)34/h4-17,35-36H,1-3H3. The molecule has 0 spiro atoms. The summed E-state index contributed by atoms with van der Waals surface area (Å²) in [5, 5.41) is 6.29. The number of carbonyl (C=O) groups is 2. The summed E-state index contributed by atoms with van der Waals surface area (Å²) < 4.78 is 38.8. The highest BCUT2D eigenvalue weighted by atomic mass is 19.4. The number of nitrogens with one attached hydrogen (secondary N) is 2. The molecule has 0 fully saturated rings. The summed E-state index contributed by atoms with van der Waals surface area (Å²) in [6.07, 6.45) is -4.45. The Morgan fingerprint density at radius 2 is 0.947 bits per heavy atom. The van der Waals surface area contributed by atoms with Crippen LogP contribution in [-0.4, -0.2) is 11.6 Å². The minimum atomic E-state index is -4.45. The van der Waals surface area contributed by atoms with Crippen molar-refractivity contribution in [2.24, 2.45) is 0 Å². The lowest BCUT2D eigenvalue weighted by atomic mass is 9.82. The number of anilines is 4. The van der Waals surface area contributed by atoms with Crippen LogP contribution < -0.4 is 10.6 Å². The molecule has 1 aliphatic rings. The molecule has 0 heterocycles. The van der Waals surface area contributed by atoms with E-state index in [0.29, 0.717) is 17.1 Å². The topological polar surface area (TPSA) is 58.2 Å². The smallest absolute Gasteiger partial charge is 0.355 e. The molecule has 0 saturated heterocycles. The maximum Gasteiger partial charge on any atom is 0.416 e. The van der Waals surface area contributed by atoms with E-state index in [2.05, 4.69) is 31.4 Å². The zero-order chi connectivity index (χ0) is 27.2. The Kier molecular flexibility index (Phi) is 6.10. The van der Waals surface area contributed by atoms with Gasteiger partial charge in [-0.1, -0.05) is 57.2 Å². The van der Waals surface area contributed by atoms with Crippen LogP contribution >= 0.6 is 0 Å². The molecular formula is C31H25F3N2O2. The zero-order valence-corrected chi connectivity index (χ0v) is 21.0. The average Bonchev–Trinajstić information content (AvgIpc) is 2.87. The molecule has 0 bridgehead atoms. The lowest BCUT2D eigenvalue weighted by Crippen LogP contribution is -2.23. The molecule has 0 amide bonds. The second kappa shape index (κ2) is 9.17. The van der Waals surface area contributed by atoms with Gasteiger partial charge in [0.05, 0.1) is 28.1 Å². The summed E-state index contributed by atoms with van der Waals surface area (Å²) in [6.45, 7) is 6.39. The van der Waals surface area contributed by atoms with Gasteiger partial charge in [-0.3, -0.25) is 9.59 Å². The summed E-state index contributed by atoms with van der Waals surface area (Å²) in [5.41, 5.74) is 3.41. The molecule has 0 saturated carbocycles. The minimum Gasteiger partial charge on any atom is -0.355 e. The van der Waals surface area contributed by atoms with Gasteiger partial charge in [0.15, 0.2) is 11.6 Å². The number of carbonyl (C=O) groups excluding carboxylic acids is 2. The van der Waals surface area contributed by atoms with Crippen LogP contribution in [0.4, 0.5) is 35.9 Å². The van der Waals surface area contributed by atoms with E-state index < -0.39 is 11.7 Å². The van der Waals surface area contributed by atoms with E-state index in [4.69, 9.17) is 0 Å². The predicted molar refractivity (Wildman–Crippen MR) is 143 cm³/mol. The molecule has 38 heavy (non-hydrogen) atoms. The van der Waals surface area contributed by atoms with Crippen LogP contribution in [0.3, 0.4) is 0 Å². The molecule has 0 radical (unpaired) electrons. The highest BCUT2D eigenvalue weighted by Crippen LogP contribution is 2.38. The quantitative estimate of drug-likeness (QED) is 0.253. The van der Waals surface area contributed by atoms with Crippen molar-refractivity contribution < 1.29 is 22.8 Å². The summed E-state index contributed by atoms with van der Waals surface area (Å²) >= 11 is 0. The fourth-order valence-electron chi connectivity index (χ4n) is 4.56. The SMILES string of the molecule is CC(C)(C)c1ccc(Nc2cccc3c2C(=O)c2cccc(Nc4ccc(C(F)(F)F)cc4)c2C3=O)cc1. The number of alkyl halides is 3. The van der Waals surface area contributed by atoms with E-state index >= 15 is 0 Å². The van der Waals surface area contributed by atoms with Crippen molar-refractivity contribution in [3.05, 3.63) is 118 Å². The molecule has 0 aromatic heterocycles. The van der Waals surface area contributed by atoms with Crippen molar-refractivity contribution in [2.75, 3.05) is 10.6 Å². The lowest BCUT2D eigenvalue weighted by molar-refractivity contribution is -0.137. The van der Waals surface area contributed by atoms with Crippen LogP contribution in [0.25, 0.3) is 0 Å². The Bertz CT molecular complexity index is 1430. The van der Waals surface area contributed by atoms with Crippen molar-refractivity contribution in [1.29, 1.82) is 0 Å². The third-order valence-corrected chi connectivity index (χ3v) is 6.59. The fraction of sp³-hybridized carbons (Fsp3) is 0.161. The highest BCUT2D eigenvalue weighted by molar-refractivity contribution is 6.32. The maximum atomic E-state index is 13.7. The average molecular weight is 515 g/mol. The molecule has 7 heteroatoms. The van der Waals surface area contributed by atoms with E-state index in [1.165, 1.54) is 17.7 Å². The predicted octanol–water partition coefficient (Wildman–Crippen LogP) is 8.27. The molecule has 4 nitrogen and oxygen atoms in total. The first-order valence-corrected chi connectivity index (χ1v) is 12.1. The first kappa shape index (κ1) is 25.3. The van der Waals surface area contributed by atoms with Crippen molar-refractivity contribution in [3.63, 3.8) is 0 Å². The summed E-state index contributed by atoms with van der Waals surface area (Å²) in [5.74, 6) is -0.642. The number of ketones is 2. The van der Waals surface area contributed by atoms with Crippen LogP contribution in [0.15, 0.2) is 84.9 Å². The summed E-state index contributed by atoms with van der Waals surface area (Å²) in [7, 11) is 0. The molecule has 2 N–H and O–H groups in total. The van der Waals surface area contributed by atoms with Crippen LogP contribution in [0.1, 0.15) is 63.7 Å². The van der Waals surface area contributed by atoms with E-state index in [1.807, 2.05) is 24.3 Å². The van der Waals surface area contributed by atoms with Gasteiger partial charge in [0.1, 0.15) is 0 Å². The molecule has 0 aliphatic heterocycles. The summed E-state index contributed by atoms with van der Waals surface area (Å²) in [4.78, 5) is 27.3. The molecule has 5 rings (SSSR count). The second-order valence-electron chi connectivity index (χ2n) is 10.3. The van der Waals surface area contributed by atoms with Crippen molar-refractivity contribution in [3.8, 4) is 0 Å². The molecular weight excluding hydrogens is 489 g/mol. The third kappa shape index (κ3) is 4.67. The Morgan fingerprint density at radius 1 is 0.553 bits per heavy atom. The molecule has 1 aliphatic carbocycles. The number of benzene rings is 4. The Labute approximate surface area is 218 Å². The van der Waals surface area contributed by atoms with E-state index in [-0.39, 0.29) is 39.2 Å². The van der Waals surface area contributed by atoms with Crippen LogP contribution in [0, 0.1) is 0 Å². The Balaban J connectivity index is 1.48. The van der Waals surface area contributed by atoms with Crippen molar-refractivity contribution in [1.82, 2.24) is 0 Å². The number of hydrogen-bond donors (Lipinski definition) is 2.